The second-order valence-electron chi connectivity index (χ2n) is 6.89. The van der Waals surface area contributed by atoms with Crippen molar-refractivity contribution in [2.75, 3.05) is 45.1 Å². The van der Waals surface area contributed by atoms with Crippen LogP contribution in [0.25, 0.3) is 10.2 Å². The molecule has 2 heterocycles. The number of benzene rings is 1. The molecule has 1 aromatic carbocycles. The summed E-state index contributed by atoms with van der Waals surface area (Å²) in [6, 6.07) is 8.33. The molecule has 4 nitrogen and oxygen atoms in total. The highest BCUT2D eigenvalue weighted by molar-refractivity contribution is 7.22. The van der Waals surface area contributed by atoms with Crippen LogP contribution in [0.1, 0.15) is 20.3 Å². The van der Waals surface area contributed by atoms with E-state index in [0.29, 0.717) is 0 Å². The molecule has 1 fully saturated rings. The third-order valence-electron chi connectivity index (χ3n) is 4.39. The summed E-state index contributed by atoms with van der Waals surface area (Å²) in [5.41, 5.74) is 1.15. The zero-order chi connectivity index (χ0) is 15.6. The Morgan fingerprint density at radius 3 is 2.64 bits per heavy atom. The van der Waals surface area contributed by atoms with E-state index in [1.165, 1.54) is 30.9 Å². The van der Waals surface area contributed by atoms with Crippen molar-refractivity contribution in [2.24, 2.45) is 0 Å². The van der Waals surface area contributed by atoms with E-state index in [0.717, 1.165) is 23.6 Å². The SMILES string of the molecule is CN1CCN(CCC(C)(C)Nc2nc3ccccc3s2)CC1. The Balaban J connectivity index is 1.56. The van der Waals surface area contributed by atoms with Crippen molar-refractivity contribution in [1.29, 1.82) is 0 Å². The number of hydrogen-bond donors (Lipinski definition) is 1. The van der Waals surface area contributed by atoms with Gasteiger partial charge in [0, 0.05) is 38.3 Å². The summed E-state index contributed by atoms with van der Waals surface area (Å²) in [7, 11) is 2.20. The predicted molar refractivity (Wildman–Crippen MR) is 95.9 cm³/mol. The fourth-order valence-corrected chi connectivity index (χ4v) is 3.83. The smallest absolute Gasteiger partial charge is 0.184 e. The Bertz CT molecular complexity index is 581. The molecule has 2 aromatic rings. The molecule has 5 heteroatoms. The largest absolute Gasteiger partial charge is 0.357 e. The lowest BCUT2D eigenvalue weighted by atomic mass is 10.0. The molecular formula is C17H26N4S. The molecule has 0 radical (unpaired) electrons. The van der Waals surface area contributed by atoms with Gasteiger partial charge in [-0.1, -0.05) is 23.5 Å². The molecule has 1 N–H and O–H groups in total. The number of para-hydroxylation sites is 1. The van der Waals surface area contributed by atoms with Gasteiger partial charge in [-0.05, 0) is 39.4 Å². The van der Waals surface area contributed by atoms with E-state index in [1.54, 1.807) is 11.3 Å². The standard InChI is InChI=1S/C17H26N4S/c1-17(2,8-9-21-12-10-20(3)11-13-21)19-16-18-14-6-4-5-7-15(14)22-16/h4-7H,8-13H2,1-3H3,(H,18,19). The Labute approximate surface area is 137 Å². The zero-order valence-corrected chi connectivity index (χ0v) is 14.6. The summed E-state index contributed by atoms with van der Waals surface area (Å²) in [6.45, 7) is 10.4. The van der Waals surface area contributed by atoms with E-state index in [4.69, 9.17) is 0 Å². The van der Waals surface area contributed by atoms with Crippen molar-refractivity contribution >= 4 is 26.7 Å². The number of anilines is 1. The number of aromatic nitrogens is 1. The monoisotopic (exact) mass is 318 g/mol. The van der Waals surface area contributed by atoms with Crippen molar-refractivity contribution < 1.29 is 0 Å². The fraction of sp³-hybridized carbons (Fsp3) is 0.588. The van der Waals surface area contributed by atoms with Crippen molar-refractivity contribution in [1.82, 2.24) is 14.8 Å². The molecule has 0 unspecified atom stereocenters. The molecule has 1 aliphatic heterocycles. The van der Waals surface area contributed by atoms with Gasteiger partial charge in [0.1, 0.15) is 0 Å². The molecule has 22 heavy (non-hydrogen) atoms. The van der Waals surface area contributed by atoms with Crippen LogP contribution < -0.4 is 5.32 Å². The molecule has 0 atom stereocenters. The van der Waals surface area contributed by atoms with Crippen LogP contribution in [0.4, 0.5) is 5.13 Å². The maximum atomic E-state index is 4.69. The van der Waals surface area contributed by atoms with Crippen molar-refractivity contribution in [2.45, 2.75) is 25.8 Å². The first-order valence-corrected chi connectivity index (χ1v) is 8.88. The van der Waals surface area contributed by atoms with E-state index in [9.17, 15) is 0 Å². The van der Waals surface area contributed by atoms with Gasteiger partial charge in [0.05, 0.1) is 10.2 Å². The number of fused-ring (bicyclic) bond motifs is 1. The number of rotatable bonds is 5. The molecular weight excluding hydrogens is 292 g/mol. The lowest BCUT2D eigenvalue weighted by molar-refractivity contribution is 0.147. The third-order valence-corrected chi connectivity index (χ3v) is 5.34. The van der Waals surface area contributed by atoms with E-state index >= 15 is 0 Å². The van der Waals surface area contributed by atoms with E-state index in [2.05, 4.69) is 59.2 Å². The zero-order valence-electron chi connectivity index (χ0n) is 13.8. The Morgan fingerprint density at radius 1 is 1.18 bits per heavy atom. The number of piperazine rings is 1. The Hall–Kier alpha value is -1.17. The Morgan fingerprint density at radius 2 is 1.91 bits per heavy atom. The summed E-state index contributed by atoms with van der Waals surface area (Å²) in [4.78, 5) is 9.66. The molecule has 0 spiro atoms. The number of nitrogens with one attached hydrogen (secondary N) is 1. The van der Waals surface area contributed by atoms with Crippen LogP contribution in [-0.2, 0) is 0 Å². The highest BCUT2D eigenvalue weighted by atomic mass is 32.1. The molecule has 120 valence electrons. The van der Waals surface area contributed by atoms with Crippen LogP contribution in [0.2, 0.25) is 0 Å². The second kappa shape index (κ2) is 6.52. The van der Waals surface area contributed by atoms with E-state index in [1.807, 2.05) is 6.07 Å². The highest BCUT2D eigenvalue weighted by Crippen LogP contribution is 2.28. The van der Waals surface area contributed by atoms with Gasteiger partial charge in [-0.15, -0.1) is 0 Å². The van der Waals surface area contributed by atoms with E-state index in [-0.39, 0.29) is 5.54 Å². The fourth-order valence-electron chi connectivity index (χ4n) is 2.79. The summed E-state index contributed by atoms with van der Waals surface area (Å²) in [5, 5.41) is 4.66. The number of thiazole rings is 1. The summed E-state index contributed by atoms with van der Waals surface area (Å²) in [6.07, 6.45) is 1.13. The average Bonchev–Trinajstić information content (AvgIpc) is 2.88. The van der Waals surface area contributed by atoms with Gasteiger partial charge >= 0.3 is 0 Å². The molecule has 1 saturated heterocycles. The molecule has 0 bridgehead atoms. The van der Waals surface area contributed by atoms with Gasteiger partial charge in [0.25, 0.3) is 0 Å². The van der Waals surface area contributed by atoms with Gasteiger partial charge in [-0.2, -0.15) is 0 Å². The minimum absolute atomic E-state index is 0.0667. The minimum Gasteiger partial charge on any atom is -0.357 e. The van der Waals surface area contributed by atoms with Crippen molar-refractivity contribution in [3.63, 3.8) is 0 Å². The second-order valence-corrected chi connectivity index (χ2v) is 7.92. The first-order chi connectivity index (χ1) is 10.5. The van der Waals surface area contributed by atoms with Gasteiger partial charge < -0.3 is 15.1 Å². The quantitative estimate of drug-likeness (QED) is 0.918. The van der Waals surface area contributed by atoms with Gasteiger partial charge in [-0.25, -0.2) is 4.98 Å². The van der Waals surface area contributed by atoms with Crippen LogP contribution in [0, 0.1) is 0 Å². The van der Waals surface area contributed by atoms with Crippen LogP contribution in [0.5, 0.6) is 0 Å². The molecule has 0 amide bonds. The predicted octanol–water partition coefficient (Wildman–Crippen LogP) is 3.12. The van der Waals surface area contributed by atoms with E-state index < -0.39 is 0 Å². The molecule has 1 aliphatic rings. The third kappa shape index (κ3) is 3.97. The normalized spacial score (nSPS) is 18.0. The molecule has 1 aromatic heterocycles. The van der Waals surface area contributed by atoms with Gasteiger partial charge in [0.15, 0.2) is 5.13 Å². The first kappa shape index (κ1) is 15.7. The lowest BCUT2D eigenvalue weighted by Gasteiger charge is -2.35. The van der Waals surface area contributed by atoms with Gasteiger partial charge in [0.2, 0.25) is 0 Å². The Kier molecular flexibility index (Phi) is 4.66. The number of nitrogens with zero attached hydrogens (tertiary/aromatic N) is 3. The number of likely N-dealkylation sites (N-methyl/N-ethyl adjacent to an activating group) is 1. The van der Waals surface area contributed by atoms with Gasteiger partial charge in [-0.3, -0.25) is 0 Å². The molecule has 0 aliphatic carbocycles. The minimum atomic E-state index is 0.0667. The lowest BCUT2D eigenvalue weighted by Crippen LogP contribution is -2.46. The maximum Gasteiger partial charge on any atom is 0.184 e. The highest BCUT2D eigenvalue weighted by Gasteiger charge is 2.22. The van der Waals surface area contributed by atoms with Crippen molar-refractivity contribution in [3.8, 4) is 0 Å². The van der Waals surface area contributed by atoms with Crippen LogP contribution >= 0.6 is 11.3 Å². The summed E-state index contributed by atoms with van der Waals surface area (Å²) in [5.74, 6) is 0. The molecule has 3 rings (SSSR count). The molecule has 0 saturated carbocycles. The van der Waals surface area contributed by atoms with Crippen LogP contribution in [-0.4, -0.2) is 60.1 Å². The average molecular weight is 318 g/mol. The van der Waals surface area contributed by atoms with Crippen LogP contribution in [0.15, 0.2) is 24.3 Å². The summed E-state index contributed by atoms with van der Waals surface area (Å²) < 4.78 is 1.25. The summed E-state index contributed by atoms with van der Waals surface area (Å²) >= 11 is 1.74. The van der Waals surface area contributed by atoms with Crippen molar-refractivity contribution in [3.05, 3.63) is 24.3 Å². The number of hydrogen-bond acceptors (Lipinski definition) is 5. The topological polar surface area (TPSA) is 31.4 Å². The van der Waals surface area contributed by atoms with Crippen LogP contribution in [0.3, 0.4) is 0 Å². The first-order valence-electron chi connectivity index (χ1n) is 8.06. The maximum absolute atomic E-state index is 4.69.